The molecular weight excluding hydrogens is 536 g/mol. The van der Waals surface area contributed by atoms with E-state index in [-0.39, 0.29) is 28.9 Å². The van der Waals surface area contributed by atoms with Crippen molar-refractivity contribution in [1.82, 2.24) is 34.5 Å². The third-order valence-electron chi connectivity index (χ3n) is 6.03. The van der Waals surface area contributed by atoms with Crippen molar-refractivity contribution in [3.05, 3.63) is 60.1 Å². The number of hydrogen-bond donors (Lipinski definition) is 0. The second-order valence-corrected chi connectivity index (χ2v) is 10.9. The predicted molar refractivity (Wildman–Crippen MR) is 136 cm³/mol. The van der Waals surface area contributed by atoms with Crippen molar-refractivity contribution >= 4 is 9.84 Å². The lowest BCUT2D eigenvalue weighted by Gasteiger charge is -2.22. The molecule has 3 heterocycles. The van der Waals surface area contributed by atoms with Crippen molar-refractivity contribution in [1.29, 1.82) is 0 Å². The summed E-state index contributed by atoms with van der Waals surface area (Å²) >= 11 is 0. The average Bonchev–Trinajstić information content (AvgIpc) is 3.56. The first-order valence-corrected chi connectivity index (χ1v) is 13.3. The lowest BCUT2D eigenvalue weighted by atomic mass is 10.2. The summed E-state index contributed by atoms with van der Waals surface area (Å²) in [5.74, 6) is 0.219. The van der Waals surface area contributed by atoms with Crippen molar-refractivity contribution in [3.63, 3.8) is 0 Å². The minimum absolute atomic E-state index is 0.0141. The maximum absolute atomic E-state index is 13.7. The number of sulfone groups is 1. The number of halogens is 2. The number of benzene rings is 1. The van der Waals surface area contributed by atoms with E-state index >= 15 is 0 Å². The average molecular weight is 564 g/mol. The van der Waals surface area contributed by atoms with Gasteiger partial charge in [0.1, 0.15) is 34.7 Å². The third-order valence-corrected chi connectivity index (χ3v) is 8.07. The summed E-state index contributed by atoms with van der Waals surface area (Å²) in [6, 6.07) is 6.27. The molecule has 3 aromatic heterocycles. The van der Waals surface area contributed by atoms with Crippen LogP contribution in [0.1, 0.15) is 36.8 Å². The van der Waals surface area contributed by atoms with Gasteiger partial charge in [-0.1, -0.05) is 6.07 Å². The molecule has 2 atom stereocenters. The highest BCUT2D eigenvalue weighted by atomic mass is 32.2. The number of rotatable bonds is 11. The molecule has 0 fully saturated rings. The fourth-order valence-electron chi connectivity index (χ4n) is 3.99. The third kappa shape index (κ3) is 5.59. The SMILES string of the molecule is COc1cccc(OC)c1-n1c(CS(=O)(=O)[C@@H](C)[C@H](OC)c2ncc(C)cn2)nnc1-c1ccn(C(F)F)n1. The van der Waals surface area contributed by atoms with Gasteiger partial charge in [0.05, 0.1) is 19.5 Å². The molecule has 208 valence electrons. The Bertz CT molecular complexity index is 1520. The van der Waals surface area contributed by atoms with Crippen LogP contribution in [0.25, 0.3) is 17.2 Å². The lowest BCUT2D eigenvalue weighted by molar-refractivity contribution is 0.0568. The molecule has 0 amide bonds. The minimum atomic E-state index is -3.99. The number of methoxy groups -OCH3 is 3. The Kier molecular flexibility index (Phi) is 8.20. The van der Waals surface area contributed by atoms with Gasteiger partial charge in [0.25, 0.3) is 0 Å². The van der Waals surface area contributed by atoms with E-state index in [1.807, 2.05) is 6.92 Å². The summed E-state index contributed by atoms with van der Waals surface area (Å²) in [6.45, 7) is 0.418. The van der Waals surface area contributed by atoms with Crippen LogP contribution in [0.5, 0.6) is 11.5 Å². The molecule has 0 radical (unpaired) electrons. The van der Waals surface area contributed by atoms with Crippen LogP contribution < -0.4 is 9.47 Å². The Morgan fingerprint density at radius 3 is 2.18 bits per heavy atom. The Balaban J connectivity index is 1.84. The van der Waals surface area contributed by atoms with Crippen molar-refractivity contribution in [2.45, 2.75) is 37.5 Å². The van der Waals surface area contributed by atoms with Gasteiger partial charge in [-0.2, -0.15) is 13.9 Å². The second-order valence-electron chi connectivity index (χ2n) is 8.53. The normalized spacial score (nSPS) is 13.4. The number of para-hydroxylation sites is 1. The maximum atomic E-state index is 13.7. The van der Waals surface area contributed by atoms with Crippen molar-refractivity contribution < 1.29 is 31.4 Å². The lowest BCUT2D eigenvalue weighted by Crippen LogP contribution is -2.30. The van der Waals surface area contributed by atoms with E-state index in [4.69, 9.17) is 14.2 Å². The zero-order chi connectivity index (χ0) is 28.3. The molecule has 15 heteroatoms. The van der Waals surface area contributed by atoms with Gasteiger partial charge in [-0.3, -0.25) is 4.57 Å². The van der Waals surface area contributed by atoms with E-state index in [2.05, 4.69) is 25.3 Å². The summed E-state index contributed by atoms with van der Waals surface area (Å²) in [6.07, 6.45) is 3.27. The van der Waals surface area contributed by atoms with Crippen LogP contribution in [-0.4, -0.2) is 69.5 Å². The molecule has 0 N–H and O–H groups in total. The Morgan fingerprint density at radius 1 is 1.00 bits per heavy atom. The first-order valence-electron chi connectivity index (χ1n) is 11.6. The molecule has 39 heavy (non-hydrogen) atoms. The molecule has 0 unspecified atom stereocenters. The summed E-state index contributed by atoms with van der Waals surface area (Å²) < 4.78 is 72.2. The van der Waals surface area contributed by atoms with Crippen LogP contribution in [-0.2, 0) is 20.3 Å². The number of ether oxygens (including phenoxy) is 3. The molecule has 0 bridgehead atoms. The van der Waals surface area contributed by atoms with Gasteiger partial charge in [0.2, 0.25) is 0 Å². The topological polar surface area (TPSA) is 136 Å². The van der Waals surface area contributed by atoms with Gasteiger partial charge in [-0.15, -0.1) is 10.2 Å². The van der Waals surface area contributed by atoms with Gasteiger partial charge >= 0.3 is 6.55 Å². The smallest absolute Gasteiger partial charge is 0.333 e. The first-order chi connectivity index (χ1) is 18.6. The monoisotopic (exact) mass is 563 g/mol. The molecular formula is C24H27F2N7O5S. The van der Waals surface area contributed by atoms with E-state index in [1.54, 1.807) is 30.6 Å². The van der Waals surface area contributed by atoms with Gasteiger partial charge in [-0.25, -0.2) is 23.1 Å². The van der Waals surface area contributed by atoms with Crippen LogP contribution in [0, 0.1) is 6.92 Å². The summed E-state index contributed by atoms with van der Waals surface area (Å²) in [7, 11) is 0.245. The van der Waals surface area contributed by atoms with Crippen LogP contribution in [0.4, 0.5) is 8.78 Å². The molecule has 0 spiro atoms. The zero-order valence-corrected chi connectivity index (χ0v) is 22.6. The number of aryl methyl sites for hydroxylation is 1. The largest absolute Gasteiger partial charge is 0.494 e. The van der Waals surface area contributed by atoms with Crippen molar-refractivity contribution in [3.8, 4) is 28.7 Å². The molecule has 0 aliphatic rings. The number of aromatic nitrogens is 7. The van der Waals surface area contributed by atoms with Gasteiger partial charge in [0, 0.05) is 25.7 Å². The summed E-state index contributed by atoms with van der Waals surface area (Å²) in [5.41, 5.74) is 1.12. The Morgan fingerprint density at radius 2 is 1.64 bits per heavy atom. The first kappa shape index (κ1) is 28.0. The maximum Gasteiger partial charge on any atom is 0.333 e. The standard InChI is InChI=1S/C24H27F2N7O5S/c1-14-11-27-22(28-12-14)21(38-5)15(2)39(34,35)13-19-29-30-23(16-9-10-32(31-16)24(25)26)33(19)20-17(36-3)7-6-8-18(20)37-4/h6-12,15,21,24H,13H2,1-5H3/t15-,21-/m0/s1. The Hall–Kier alpha value is -3.98. The molecule has 12 nitrogen and oxygen atoms in total. The number of nitrogens with zero attached hydrogens (tertiary/aromatic N) is 7. The summed E-state index contributed by atoms with van der Waals surface area (Å²) in [5, 5.41) is 11.0. The quantitative estimate of drug-likeness (QED) is 0.267. The van der Waals surface area contributed by atoms with Gasteiger partial charge in [0.15, 0.2) is 27.3 Å². The fraction of sp³-hybridized carbons (Fsp3) is 0.375. The highest BCUT2D eigenvalue weighted by Crippen LogP contribution is 2.37. The molecule has 0 saturated carbocycles. The van der Waals surface area contributed by atoms with Crippen molar-refractivity contribution in [2.24, 2.45) is 0 Å². The van der Waals surface area contributed by atoms with Crippen LogP contribution in [0.3, 0.4) is 0 Å². The van der Waals surface area contributed by atoms with E-state index in [0.717, 1.165) is 11.8 Å². The van der Waals surface area contributed by atoms with Crippen LogP contribution in [0.15, 0.2) is 42.9 Å². The minimum Gasteiger partial charge on any atom is -0.494 e. The van der Waals surface area contributed by atoms with Gasteiger partial charge < -0.3 is 14.2 Å². The summed E-state index contributed by atoms with van der Waals surface area (Å²) in [4.78, 5) is 8.45. The molecule has 1 aromatic carbocycles. The van der Waals surface area contributed by atoms with Crippen molar-refractivity contribution in [2.75, 3.05) is 21.3 Å². The van der Waals surface area contributed by atoms with E-state index in [0.29, 0.717) is 16.2 Å². The highest BCUT2D eigenvalue weighted by molar-refractivity contribution is 7.91. The van der Waals surface area contributed by atoms with E-state index in [9.17, 15) is 17.2 Å². The highest BCUT2D eigenvalue weighted by Gasteiger charge is 2.35. The van der Waals surface area contributed by atoms with E-state index < -0.39 is 33.5 Å². The van der Waals surface area contributed by atoms with Gasteiger partial charge in [-0.05, 0) is 37.6 Å². The van der Waals surface area contributed by atoms with Crippen LogP contribution >= 0.6 is 0 Å². The molecule has 0 saturated heterocycles. The number of hydrogen-bond acceptors (Lipinski definition) is 10. The molecule has 0 aliphatic heterocycles. The molecule has 0 aliphatic carbocycles. The molecule has 4 rings (SSSR count). The predicted octanol–water partition coefficient (Wildman–Crippen LogP) is 3.33. The second kappa shape index (κ2) is 11.4. The fourth-order valence-corrected chi connectivity index (χ4v) is 5.40. The Labute approximate surface area is 223 Å². The van der Waals surface area contributed by atoms with Crippen LogP contribution in [0.2, 0.25) is 0 Å². The zero-order valence-electron chi connectivity index (χ0n) is 21.8. The number of alkyl halides is 2. The van der Waals surface area contributed by atoms with E-state index in [1.165, 1.54) is 38.9 Å². The molecule has 4 aromatic rings.